The van der Waals surface area contributed by atoms with Crippen LogP contribution in [-0.2, 0) is 0 Å². The van der Waals surface area contributed by atoms with Gasteiger partial charge in [0.2, 0.25) is 5.95 Å². The van der Waals surface area contributed by atoms with E-state index in [1.165, 1.54) is 0 Å². The normalized spacial score (nSPS) is 14.6. The van der Waals surface area contributed by atoms with E-state index < -0.39 is 0 Å². The number of carbonyl (C=O) groups excluding carboxylic acids is 1. The predicted molar refractivity (Wildman–Crippen MR) is 105 cm³/mol. The first-order valence-electron chi connectivity index (χ1n) is 9.28. The number of carbonyl (C=O) groups is 1. The van der Waals surface area contributed by atoms with Crippen molar-refractivity contribution < 1.29 is 4.79 Å². The van der Waals surface area contributed by atoms with E-state index in [0.717, 1.165) is 36.8 Å². The number of aromatic nitrogens is 2. The van der Waals surface area contributed by atoms with E-state index in [4.69, 9.17) is 0 Å². The summed E-state index contributed by atoms with van der Waals surface area (Å²) in [5, 5.41) is 0. The molecule has 0 radical (unpaired) electrons. The van der Waals surface area contributed by atoms with Gasteiger partial charge in [-0.25, -0.2) is 9.97 Å². The van der Waals surface area contributed by atoms with Crippen LogP contribution in [0.2, 0.25) is 0 Å². The van der Waals surface area contributed by atoms with E-state index in [1.54, 1.807) is 12.4 Å². The van der Waals surface area contributed by atoms with Crippen LogP contribution in [0.4, 0.5) is 11.6 Å². The van der Waals surface area contributed by atoms with Crippen LogP contribution in [-0.4, -0.2) is 59.5 Å². The Morgan fingerprint density at radius 3 is 2.23 bits per heavy atom. The van der Waals surface area contributed by atoms with E-state index >= 15 is 0 Å². The first-order chi connectivity index (χ1) is 12.6. The zero-order valence-corrected chi connectivity index (χ0v) is 15.8. The molecule has 0 saturated carbocycles. The molecule has 26 heavy (non-hydrogen) atoms. The van der Waals surface area contributed by atoms with Gasteiger partial charge in [0.25, 0.3) is 5.91 Å². The van der Waals surface area contributed by atoms with E-state index in [9.17, 15) is 4.79 Å². The van der Waals surface area contributed by atoms with E-state index in [1.807, 2.05) is 35.2 Å². The largest absolute Gasteiger partial charge is 0.369 e. The molecule has 6 heteroatoms. The van der Waals surface area contributed by atoms with Crippen molar-refractivity contribution in [3.05, 3.63) is 48.3 Å². The summed E-state index contributed by atoms with van der Waals surface area (Å²) >= 11 is 0. The van der Waals surface area contributed by atoms with Gasteiger partial charge in [0, 0.05) is 62.4 Å². The quantitative estimate of drug-likeness (QED) is 0.827. The Kier molecular flexibility index (Phi) is 5.71. The number of amides is 1. The van der Waals surface area contributed by atoms with Crippen LogP contribution >= 0.6 is 0 Å². The fraction of sp³-hybridized carbons (Fsp3) is 0.450. The molecule has 138 valence electrons. The van der Waals surface area contributed by atoms with Crippen molar-refractivity contribution in [3.8, 4) is 0 Å². The molecular formula is C20H27N5O. The van der Waals surface area contributed by atoms with Gasteiger partial charge in [0.1, 0.15) is 0 Å². The summed E-state index contributed by atoms with van der Waals surface area (Å²) in [6.45, 7) is 10.3. The van der Waals surface area contributed by atoms with Gasteiger partial charge in [-0.3, -0.25) is 4.79 Å². The Labute approximate surface area is 155 Å². The Morgan fingerprint density at radius 1 is 1.08 bits per heavy atom. The highest BCUT2D eigenvalue weighted by atomic mass is 16.2. The Bertz CT molecular complexity index is 709. The van der Waals surface area contributed by atoms with E-state index in [2.05, 4.69) is 40.5 Å². The summed E-state index contributed by atoms with van der Waals surface area (Å²) < 4.78 is 0. The van der Waals surface area contributed by atoms with Crippen molar-refractivity contribution in [2.45, 2.75) is 26.8 Å². The van der Waals surface area contributed by atoms with Gasteiger partial charge in [0.05, 0.1) is 0 Å². The molecule has 1 amide bonds. The average Bonchev–Trinajstić information content (AvgIpc) is 2.69. The molecule has 3 rings (SSSR count). The smallest absolute Gasteiger partial charge is 0.253 e. The minimum absolute atomic E-state index is 0.0952. The maximum absolute atomic E-state index is 12.8. The van der Waals surface area contributed by atoms with E-state index in [-0.39, 0.29) is 5.91 Å². The fourth-order valence-corrected chi connectivity index (χ4v) is 3.39. The first-order valence-corrected chi connectivity index (χ1v) is 9.28. The maximum Gasteiger partial charge on any atom is 0.253 e. The highest BCUT2D eigenvalue weighted by Crippen LogP contribution is 2.19. The number of piperazine rings is 1. The van der Waals surface area contributed by atoms with Crippen LogP contribution < -0.4 is 9.80 Å². The summed E-state index contributed by atoms with van der Waals surface area (Å²) in [7, 11) is 0. The van der Waals surface area contributed by atoms with Crippen molar-refractivity contribution in [2.24, 2.45) is 0 Å². The van der Waals surface area contributed by atoms with Crippen molar-refractivity contribution in [1.82, 2.24) is 14.9 Å². The number of benzene rings is 1. The Morgan fingerprint density at radius 2 is 1.69 bits per heavy atom. The molecule has 1 saturated heterocycles. The van der Waals surface area contributed by atoms with E-state index in [0.29, 0.717) is 19.1 Å². The van der Waals surface area contributed by atoms with Crippen molar-refractivity contribution in [3.63, 3.8) is 0 Å². The average molecular weight is 353 g/mol. The Balaban J connectivity index is 1.62. The molecule has 1 aliphatic heterocycles. The molecule has 0 aliphatic carbocycles. The van der Waals surface area contributed by atoms with Crippen LogP contribution in [0, 0.1) is 0 Å². The predicted octanol–water partition coefficient (Wildman–Crippen LogP) is 2.67. The van der Waals surface area contributed by atoms with Gasteiger partial charge in [-0.2, -0.15) is 0 Å². The third-order valence-corrected chi connectivity index (χ3v) is 4.81. The molecule has 6 nitrogen and oxygen atoms in total. The number of anilines is 2. The van der Waals surface area contributed by atoms with Gasteiger partial charge >= 0.3 is 0 Å². The third-order valence-electron chi connectivity index (χ3n) is 4.81. The van der Waals surface area contributed by atoms with Gasteiger partial charge in [-0.1, -0.05) is 0 Å². The van der Waals surface area contributed by atoms with Gasteiger partial charge in [-0.05, 0) is 51.1 Å². The lowest BCUT2D eigenvalue weighted by Crippen LogP contribution is -2.49. The summed E-state index contributed by atoms with van der Waals surface area (Å²) in [5.74, 6) is 0.829. The maximum atomic E-state index is 12.8. The van der Waals surface area contributed by atoms with Crippen LogP contribution in [0.15, 0.2) is 42.7 Å². The fourth-order valence-electron chi connectivity index (χ4n) is 3.39. The van der Waals surface area contributed by atoms with Crippen LogP contribution in [0.1, 0.15) is 31.1 Å². The minimum atomic E-state index is 0.0952. The highest BCUT2D eigenvalue weighted by Gasteiger charge is 2.23. The van der Waals surface area contributed by atoms with Crippen molar-refractivity contribution >= 4 is 17.5 Å². The topological polar surface area (TPSA) is 52.6 Å². The lowest BCUT2D eigenvalue weighted by Gasteiger charge is -2.34. The zero-order chi connectivity index (χ0) is 18.5. The molecule has 2 heterocycles. The molecule has 0 N–H and O–H groups in total. The lowest BCUT2D eigenvalue weighted by molar-refractivity contribution is 0.0746. The number of hydrogen-bond donors (Lipinski definition) is 0. The zero-order valence-electron chi connectivity index (χ0n) is 15.8. The van der Waals surface area contributed by atoms with Gasteiger partial charge < -0.3 is 14.7 Å². The second kappa shape index (κ2) is 8.17. The molecule has 0 spiro atoms. The van der Waals surface area contributed by atoms with Gasteiger partial charge in [0.15, 0.2) is 0 Å². The van der Waals surface area contributed by atoms with Crippen LogP contribution in [0.5, 0.6) is 0 Å². The third kappa shape index (κ3) is 3.95. The molecular weight excluding hydrogens is 326 g/mol. The molecule has 1 aromatic heterocycles. The number of nitrogens with zero attached hydrogens (tertiary/aromatic N) is 5. The Hall–Kier alpha value is -2.63. The summed E-state index contributed by atoms with van der Waals surface area (Å²) in [6, 6.07) is 10.2. The first kappa shape index (κ1) is 18.2. The standard InChI is InChI=1S/C20H27N5O/c1-4-25(16(2)3)18-8-6-17(7-9-18)19(26)23-12-14-24(15-13-23)20-21-10-5-11-22-20/h5-11,16H,4,12-15H2,1-3H3. The molecule has 1 aromatic carbocycles. The van der Waals surface area contributed by atoms with Crippen LogP contribution in [0.3, 0.4) is 0 Å². The molecule has 0 atom stereocenters. The second-order valence-corrected chi connectivity index (χ2v) is 6.75. The molecule has 0 bridgehead atoms. The summed E-state index contributed by atoms with van der Waals surface area (Å²) in [5.41, 5.74) is 1.91. The minimum Gasteiger partial charge on any atom is -0.369 e. The number of hydrogen-bond acceptors (Lipinski definition) is 5. The monoisotopic (exact) mass is 353 g/mol. The van der Waals surface area contributed by atoms with Crippen molar-refractivity contribution in [2.75, 3.05) is 42.5 Å². The molecule has 2 aromatic rings. The SMILES string of the molecule is CCN(c1ccc(C(=O)N2CCN(c3ncccn3)CC2)cc1)C(C)C. The highest BCUT2D eigenvalue weighted by molar-refractivity contribution is 5.94. The second-order valence-electron chi connectivity index (χ2n) is 6.75. The molecule has 1 fully saturated rings. The van der Waals surface area contributed by atoms with Crippen LogP contribution in [0.25, 0.3) is 0 Å². The molecule has 1 aliphatic rings. The molecule has 0 unspecified atom stereocenters. The van der Waals surface area contributed by atoms with Gasteiger partial charge in [-0.15, -0.1) is 0 Å². The lowest BCUT2D eigenvalue weighted by atomic mass is 10.1. The van der Waals surface area contributed by atoms with Crippen molar-refractivity contribution in [1.29, 1.82) is 0 Å². The summed E-state index contributed by atoms with van der Waals surface area (Å²) in [4.78, 5) is 27.7. The number of rotatable bonds is 5. The summed E-state index contributed by atoms with van der Waals surface area (Å²) in [6.07, 6.45) is 3.50.